The lowest BCUT2D eigenvalue weighted by Gasteiger charge is -2.30. The van der Waals surface area contributed by atoms with Crippen LogP contribution >= 0.6 is 0 Å². The maximum absolute atomic E-state index is 9.92. The van der Waals surface area contributed by atoms with Crippen molar-refractivity contribution in [2.75, 3.05) is 6.54 Å². The standard InChI is InChI=1S/C13H19NO/c1-2-8-13(9-5-10-14-13)11-6-3-4-7-12(11)15/h3-4,6-7,14-15H,2,5,8-10H2,1H3. The van der Waals surface area contributed by atoms with Crippen LogP contribution in [0.1, 0.15) is 38.2 Å². The lowest BCUT2D eigenvalue weighted by atomic mass is 9.84. The second-order valence-corrected chi connectivity index (χ2v) is 4.38. The molecule has 0 radical (unpaired) electrons. The van der Waals surface area contributed by atoms with Crippen molar-refractivity contribution >= 4 is 0 Å². The zero-order valence-corrected chi connectivity index (χ0v) is 9.29. The van der Waals surface area contributed by atoms with E-state index in [-0.39, 0.29) is 5.54 Å². The van der Waals surface area contributed by atoms with E-state index in [1.807, 2.05) is 18.2 Å². The van der Waals surface area contributed by atoms with E-state index in [1.165, 1.54) is 6.42 Å². The first-order valence-electron chi connectivity index (χ1n) is 5.82. The molecule has 1 unspecified atom stereocenters. The molecule has 0 aliphatic carbocycles. The highest BCUT2D eigenvalue weighted by Gasteiger charge is 2.35. The average Bonchev–Trinajstić information content (AvgIpc) is 2.69. The third-order valence-corrected chi connectivity index (χ3v) is 3.34. The number of rotatable bonds is 3. The first-order chi connectivity index (χ1) is 7.28. The molecule has 1 aromatic rings. The maximum atomic E-state index is 9.92. The number of para-hydroxylation sites is 1. The summed E-state index contributed by atoms with van der Waals surface area (Å²) in [7, 11) is 0. The highest BCUT2D eigenvalue weighted by atomic mass is 16.3. The molecule has 82 valence electrons. The fraction of sp³-hybridized carbons (Fsp3) is 0.538. The monoisotopic (exact) mass is 205 g/mol. The molecule has 1 fully saturated rings. The Bertz CT molecular complexity index is 329. The molecule has 15 heavy (non-hydrogen) atoms. The van der Waals surface area contributed by atoms with Crippen molar-refractivity contribution in [3.63, 3.8) is 0 Å². The normalized spacial score (nSPS) is 25.7. The van der Waals surface area contributed by atoms with Gasteiger partial charge in [-0.3, -0.25) is 0 Å². The first kappa shape index (κ1) is 10.5. The molecule has 1 heterocycles. The number of aromatic hydroxyl groups is 1. The van der Waals surface area contributed by atoms with Gasteiger partial charge in [-0.15, -0.1) is 0 Å². The zero-order valence-electron chi connectivity index (χ0n) is 9.29. The van der Waals surface area contributed by atoms with Crippen LogP contribution < -0.4 is 5.32 Å². The molecule has 1 aliphatic heterocycles. The van der Waals surface area contributed by atoms with Gasteiger partial charge in [-0.2, -0.15) is 0 Å². The van der Waals surface area contributed by atoms with E-state index in [0.717, 1.165) is 31.4 Å². The second kappa shape index (κ2) is 4.23. The van der Waals surface area contributed by atoms with Crippen molar-refractivity contribution in [2.24, 2.45) is 0 Å². The Morgan fingerprint density at radius 1 is 1.40 bits per heavy atom. The molecule has 0 spiro atoms. The topological polar surface area (TPSA) is 32.3 Å². The Kier molecular flexibility index (Phi) is 2.96. The van der Waals surface area contributed by atoms with Gasteiger partial charge in [0.25, 0.3) is 0 Å². The van der Waals surface area contributed by atoms with E-state index < -0.39 is 0 Å². The minimum absolute atomic E-state index is 0.0279. The number of phenolic OH excluding ortho intramolecular Hbond substituents is 1. The Balaban J connectivity index is 2.36. The molecule has 1 aromatic carbocycles. The van der Waals surface area contributed by atoms with Gasteiger partial charge in [0, 0.05) is 11.1 Å². The number of benzene rings is 1. The van der Waals surface area contributed by atoms with Crippen LogP contribution in [0.15, 0.2) is 24.3 Å². The molecule has 1 saturated heterocycles. The van der Waals surface area contributed by atoms with Crippen LogP contribution in [0.3, 0.4) is 0 Å². The molecule has 0 saturated carbocycles. The molecule has 2 rings (SSSR count). The predicted molar refractivity (Wildman–Crippen MR) is 61.9 cm³/mol. The van der Waals surface area contributed by atoms with Gasteiger partial charge in [0.1, 0.15) is 5.75 Å². The molecule has 2 N–H and O–H groups in total. The van der Waals surface area contributed by atoms with E-state index in [4.69, 9.17) is 0 Å². The van der Waals surface area contributed by atoms with Gasteiger partial charge < -0.3 is 10.4 Å². The van der Waals surface area contributed by atoms with Gasteiger partial charge in [-0.25, -0.2) is 0 Å². The Labute approximate surface area is 91.3 Å². The van der Waals surface area contributed by atoms with E-state index in [9.17, 15) is 5.11 Å². The summed E-state index contributed by atoms with van der Waals surface area (Å²) in [4.78, 5) is 0. The Morgan fingerprint density at radius 2 is 2.20 bits per heavy atom. The maximum Gasteiger partial charge on any atom is 0.120 e. The van der Waals surface area contributed by atoms with Gasteiger partial charge in [0.2, 0.25) is 0 Å². The predicted octanol–water partition coefficient (Wildman–Crippen LogP) is 2.77. The van der Waals surface area contributed by atoms with E-state index in [1.54, 1.807) is 6.07 Å². The molecular weight excluding hydrogens is 186 g/mol. The Hall–Kier alpha value is -1.02. The fourth-order valence-electron chi connectivity index (χ4n) is 2.69. The van der Waals surface area contributed by atoms with Crippen molar-refractivity contribution < 1.29 is 5.11 Å². The second-order valence-electron chi connectivity index (χ2n) is 4.38. The van der Waals surface area contributed by atoms with Crippen molar-refractivity contribution in [3.8, 4) is 5.75 Å². The Morgan fingerprint density at radius 3 is 2.80 bits per heavy atom. The highest BCUT2D eigenvalue weighted by molar-refractivity contribution is 5.38. The third kappa shape index (κ3) is 1.86. The van der Waals surface area contributed by atoms with E-state index in [0.29, 0.717) is 5.75 Å². The van der Waals surface area contributed by atoms with Gasteiger partial charge >= 0.3 is 0 Å². The molecular formula is C13H19NO. The summed E-state index contributed by atoms with van der Waals surface area (Å²) < 4.78 is 0. The smallest absolute Gasteiger partial charge is 0.120 e. The summed E-state index contributed by atoms with van der Waals surface area (Å²) >= 11 is 0. The van der Waals surface area contributed by atoms with Crippen LogP contribution in [0.4, 0.5) is 0 Å². The molecule has 0 amide bonds. The van der Waals surface area contributed by atoms with E-state index >= 15 is 0 Å². The third-order valence-electron chi connectivity index (χ3n) is 3.34. The van der Waals surface area contributed by atoms with Crippen molar-refractivity contribution in [1.29, 1.82) is 0 Å². The molecule has 1 aliphatic rings. The molecule has 0 aromatic heterocycles. The van der Waals surface area contributed by atoms with Crippen LogP contribution in [0.5, 0.6) is 5.75 Å². The summed E-state index contributed by atoms with van der Waals surface area (Å²) in [5, 5.41) is 13.5. The molecule has 2 heteroatoms. The minimum atomic E-state index is 0.0279. The quantitative estimate of drug-likeness (QED) is 0.795. The SMILES string of the molecule is CCCC1(c2ccccc2O)CCCN1. The van der Waals surface area contributed by atoms with Gasteiger partial charge in [0.05, 0.1) is 0 Å². The van der Waals surface area contributed by atoms with Crippen molar-refractivity contribution in [2.45, 2.75) is 38.1 Å². The molecule has 1 atom stereocenters. The van der Waals surface area contributed by atoms with Crippen molar-refractivity contribution in [1.82, 2.24) is 5.32 Å². The summed E-state index contributed by atoms with van der Waals surface area (Å²) in [5.41, 5.74) is 1.10. The summed E-state index contributed by atoms with van der Waals surface area (Å²) in [6.07, 6.45) is 4.58. The van der Waals surface area contributed by atoms with E-state index in [2.05, 4.69) is 12.2 Å². The molecule has 2 nitrogen and oxygen atoms in total. The number of nitrogens with one attached hydrogen (secondary N) is 1. The highest BCUT2D eigenvalue weighted by Crippen LogP contribution is 2.39. The lowest BCUT2D eigenvalue weighted by molar-refractivity contribution is 0.337. The van der Waals surface area contributed by atoms with Crippen molar-refractivity contribution in [3.05, 3.63) is 29.8 Å². The number of phenols is 1. The first-order valence-corrected chi connectivity index (χ1v) is 5.82. The fourth-order valence-corrected chi connectivity index (χ4v) is 2.69. The largest absolute Gasteiger partial charge is 0.508 e. The molecule has 0 bridgehead atoms. The van der Waals surface area contributed by atoms with Gasteiger partial charge in [-0.1, -0.05) is 31.5 Å². The summed E-state index contributed by atoms with van der Waals surface area (Å²) in [6, 6.07) is 7.72. The summed E-state index contributed by atoms with van der Waals surface area (Å²) in [6.45, 7) is 3.26. The number of hydrogen-bond acceptors (Lipinski definition) is 2. The van der Waals surface area contributed by atoms with Gasteiger partial charge in [-0.05, 0) is 31.9 Å². The average molecular weight is 205 g/mol. The lowest BCUT2D eigenvalue weighted by Crippen LogP contribution is -2.36. The minimum Gasteiger partial charge on any atom is -0.508 e. The van der Waals surface area contributed by atoms with Crippen LogP contribution in [-0.2, 0) is 5.54 Å². The van der Waals surface area contributed by atoms with Crippen LogP contribution in [-0.4, -0.2) is 11.7 Å². The summed E-state index contributed by atoms with van der Waals surface area (Å²) in [5.74, 6) is 0.431. The van der Waals surface area contributed by atoms with Crippen LogP contribution in [0, 0.1) is 0 Å². The zero-order chi connectivity index (χ0) is 10.7. The van der Waals surface area contributed by atoms with Gasteiger partial charge in [0.15, 0.2) is 0 Å². The number of hydrogen-bond donors (Lipinski definition) is 2. The van der Waals surface area contributed by atoms with Crippen LogP contribution in [0.2, 0.25) is 0 Å². The van der Waals surface area contributed by atoms with Crippen LogP contribution in [0.25, 0.3) is 0 Å².